The second kappa shape index (κ2) is 8.30. The Balaban J connectivity index is 2.03. The quantitative estimate of drug-likeness (QED) is 0.774. The number of hydrogen-bond acceptors (Lipinski definition) is 3. The lowest BCUT2D eigenvalue weighted by molar-refractivity contribution is -0.126. The summed E-state index contributed by atoms with van der Waals surface area (Å²) in [7, 11) is 1.70. The minimum Gasteiger partial charge on any atom is -0.385 e. The van der Waals surface area contributed by atoms with Gasteiger partial charge in [-0.1, -0.05) is 31.9 Å². The van der Waals surface area contributed by atoms with E-state index >= 15 is 0 Å². The summed E-state index contributed by atoms with van der Waals surface area (Å²) >= 11 is 0. The van der Waals surface area contributed by atoms with Gasteiger partial charge in [0, 0.05) is 25.9 Å². The largest absolute Gasteiger partial charge is 0.385 e. The van der Waals surface area contributed by atoms with Crippen LogP contribution in [-0.4, -0.2) is 26.2 Å². The van der Waals surface area contributed by atoms with Crippen LogP contribution >= 0.6 is 0 Å². The number of hydrogen-bond donors (Lipinski definition) is 2. The van der Waals surface area contributed by atoms with Crippen molar-refractivity contribution in [2.75, 3.05) is 25.6 Å². The molecule has 2 rings (SSSR count). The smallest absolute Gasteiger partial charge is 0.230 e. The summed E-state index contributed by atoms with van der Waals surface area (Å²) in [5.41, 5.74) is 1.84. The van der Waals surface area contributed by atoms with E-state index < -0.39 is 0 Å². The first-order chi connectivity index (χ1) is 10.7. The van der Waals surface area contributed by atoms with Crippen LogP contribution in [0.5, 0.6) is 0 Å². The zero-order valence-corrected chi connectivity index (χ0v) is 13.8. The first-order valence-corrected chi connectivity index (χ1v) is 8.30. The van der Waals surface area contributed by atoms with Gasteiger partial charge in [0.25, 0.3) is 0 Å². The van der Waals surface area contributed by atoms with Gasteiger partial charge in [0.15, 0.2) is 0 Å². The number of anilines is 1. The van der Waals surface area contributed by atoms with Gasteiger partial charge in [-0.05, 0) is 43.5 Å². The van der Waals surface area contributed by atoms with Crippen LogP contribution in [0.25, 0.3) is 0 Å². The SMILES string of the molecule is CCNCc1cccc(NC(=O)C2(CCOC)CCCC2)c1. The molecule has 4 nitrogen and oxygen atoms in total. The Bertz CT molecular complexity index is 482. The average molecular weight is 304 g/mol. The van der Waals surface area contributed by atoms with Gasteiger partial charge in [-0.2, -0.15) is 0 Å². The van der Waals surface area contributed by atoms with E-state index in [1.807, 2.05) is 12.1 Å². The Morgan fingerprint density at radius 1 is 1.32 bits per heavy atom. The lowest BCUT2D eigenvalue weighted by Crippen LogP contribution is -2.35. The number of carbonyl (C=O) groups excluding carboxylic acids is 1. The zero-order chi connectivity index (χ0) is 15.8. The van der Waals surface area contributed by atoms with Gasteiger partial charge >= 0.3 is 0 Å². The molecule has 0 unspecified atom stereocenters. The van der Waals surface area contributed by atoms with Crippen LogP contribution in [-0.2, 0) is 16.1 Å². The number of carbonyl (C=O) groups is 1. The molecule has 4 heteroatoms. The van der Waals surface area contributed by atoms with Crippen LogP contribution in [0, 0.1) is 5.41 Å². The fourth-order valence-electron chi connectivity index (χ4n) is 3.23. The molecular weight excluding hydrogens is 276 g/mol. The minimum absolute atomic E-state index is 0.155. The van der Waals surface area contributed by atoms with Crippen molar-refractivity contribution in [3.8, 4) is 0 Å². The molecule has 1 aliphatic rings. The maximum absolute atomic E-state index is 12.8. The van der Waals surface area contributed by atoms with Gasteiger partial charge in [-0.25, -0.2) is 0 Å². The maximum atomic E-state index is 12.8. The number of ether oxygens (including phenoxy) is 1. The number of amides is 1. The predicted molar refractivity (Wildman–Crippen MR) is 89.8 cm³/mol. The summed E-state index contributed by atoms with van der Waals surface area (Å²) in [5, 5.41) is 6.43. The first-order valence-electron chi connectivity index (χ1n) is 8.30. The van der Waals surface area contributed by atoms with Gasteiger partial charge in [0.1, 0.15) is 0 Å². The highest BCUT2D eigenvalue weighted by Gasteiger charge is 2.40. The van der Waals surface area contributed by atoms with E-state index in [-0.39, 0.29) is 11.3 Å². The van der Waals surface area contributed by atoms with Crippen molar-refractivity contribution in [2.45, 2.75) is 45.6 Å². The highest BCUT2D eigenvalue weighted by Crippen LogP contribution is 2.42. The van der Waals surface area contributed by atoms with Crippen LogP contribution in [0.3, 0.4) is 0 Å². The lowest BCUT2D eigenvalue weighted by atomic mass is 9.82. The molecule has 22 heavy (non-hydrogen) atoms. The summed E-state index contributed by atoms with van der Waals surface area (Å²) in [6, 6.07) is 8.10. The molecule has 0 aromatic heterocycles. The van der Waals surface area contributed by atoms with Gasteiger partial charge in [0.05, 0.1) is 5.41 Å². The minimum atomic E-state index is -0.242. The number of nitrogens with one attached hydrogen (secondary N) is 2. The topological polar surface area (TPSA) is 50.4 Å². The Kier molecular flexibility index (Phi) is 6.40. The molecule has 1 aromatic carbocycles. The second-order valence-electron chi connectivity index (χ2n) is 6.17. The molecule has 0 bridgehead atoms. The molecule has 0 radical (unpaired) electrons. The summed E-state index contributed by atoms with van der Waals surface area (Å²) in [5.74, 6) is 0.155. The lowest BCUT2D eigenvalue weighted by Gasteiger charge is -2.27. The first kappa shape index (κ1) is 17.0. The van der Waals surface area contributed by atoms with E-state index in [2.05, 4.69) is 29.7 Å². The summed E-state index contributed by atoms with van der Waals surface area (Å²) in [4.78, 5) is 12.8. The van der Waals surface area contributed by atoms with E-state index in [1.54, 1.807) is 7.11 Å². The Morgan fingerprint density at radius 2 is 2.09 bits per heavy atom. The third-order valence-electron chi connectivity index (χ3n) is 4.59. The van der Waals surface area contributed by atoms with Crippen LogP contribution in [0.15, 0.2) is 24.3 Å². The average Bonchev–Trinajstić information content (AvgIpc) is 3.01. The molecule has 0 saturated heterocycles. The summed E-state index contributed by atoms with van der Waals surface area (Å²) in [6.07, 6.45) is 5.03. The molecule has 1 aliphatic carbocycles. The number of rotatable bonds is 8. The van der Waals surface area contributed by atoms with E-state index in [1.165, 1.54) is 5.56 Å². The third-order valence-corrected chi connectivity index (χ3v) is 4.59. The maximum Gasteiger partial charge on any atom is 0.230 e. The Labute approximate surface area is 133 Å². The van der Waals surface area contributed by atoms with Crippen LogP contribution < -0.4 is 10.6 Å². The standard InChI is InChI=1S/C18H28N2O2/c1-3-19-14-15-7-6-8-16(13-15)20-17(21)18(11-12-22-2)9-4-5-10-18/h6-8,13,19H,3-5,9-12,14H2,1-2H3,(H,20,21). The highest BCUT2D eigenvalue weighted by molar-refractivity contribution is 5.95. The van der Waals surface area contributed by atoms with E-state index in [0.29, 0.717) is 6.61 Å². The molecule has 1 saturated carbocycles. The van der Waals surface area contributed by atoms with Crippen molar-refractivity contribution in [1.82, 2.24) is 5.32 Å². The Morgan fingerprint density at radius 3 is 2.77 bits per heavy atom. The van der Waals surface area contributed by atoms with Crippen molar-refractivity contribution in [3.63, 3.8) is 0 Å². The zero-order valence-electron chi connectivity index (χ0n) is 13.8. The molecular formula is C18H28N2O2. The van der Waals surface area contributed by atoms with Crippen molar-refractivity contribution in [2.24, 2.45) is 5.41 Å². The molecule has 1 amide bonds. The van der Waals surface area contributed by atoms with Crippen molar-refractivity contribution < 1.29 is 9.53 Å². The molecule has 0 spiro atoms. The molecule has 0 heterocycles. The Hall–Kier alpha value is -1.39. The second-order valence-corrected chi connectivity index (χ2v) is 6.17. The van der Waals surface area contributed by atoms with E-state index in [4.69, 9.17) is 4.74 Å². The van der Waals surface area contributed by atoms with E-state index in [0.717, 1.165) is 50.9 Å². The molecule has 0 atom stereocenters. The van der Waals surface area contributed by atoms with E-state index in [9.17, 15) is 4.79 Å². The fraction of sp³-hybridized carbons (Fsp3) is 0.611. The molecule has 2 N–H and O–H groups in total. The number of benzene rings is 1. The molecule has 0 aliphatic heterocycles. The van der Waals surface area contributed by atoms with Crippen molar-refractivity contribution >= 4 is 11.6 Å². The van der Waals surface area contributed by atoms with Gasteiger partial charge in [0.2, 0.25) is 5.91 Å². The number of methoxy groups -OCH3 is 1. The van der Waals surface area contributed by atoms with Crippen LogP contribution in [0.2, 0.25) is 0 Å². The normalized spacial score (nSPS) is 16.6. The molecule has 1 aromatic rings. The molecule has 122 valence electrons. The summed E-state index contributed by atoms with van der Waals surface area (Å²) < 4.78 is 5.20. The van der Waals surface area contributed by atoms with Crippen LogP contribution in [0.4, 0.5) is 5.69 Å². The highest BCUT2D eigenvalue weighted by atomic mass is 16.5. The van der Waals surface area contributed by atoms with Crippen LogP contribution in [0.1, 0.15) is 44.6 Å². The fourth-order valence-corrected chi connectivity index (χ4v) is 3.23. The van der Waals surface area contributed by atoms with Gasteiger partial charge in [-0.3, -0.25) is 4.79 Å². The predicted octanol–water partition coefficient (Wildman–Crippen LogP) is 3.33. The van der Waals surface area contributed by atoms with Gasteiger partial charge in [-0.15, -0.1) is 0 Å². The van der Waals surface area contributed by atoms with Gasteiger partial charge < -0.3 is 15.4 Å². The third kappa shape index (κ3) is 4.31. The van der Waals surface area contributed by atoms with Crippen molar-refractivity contribution in [3.05, 3.63) is 29.8 Å². The monoisotopic (exact) mass is 304 g/mol. The van der Waals surface area contributed by atoms with Crippen molar-refractivity contribution in [1.29, 1.82) is 0 Å². The molecule has 1 fully saturated rings. The summed E-state index contributed by atoms with van der Waals surface area (Å²) in [6.45, 7) is 4.50.